The number of hydrogen-bond acceptors (Lipinski definition) is 4. The van der Waals surface area contributed by atoms with Gasteiger partial charge in [-0.2, -0.15) is 0 Å². The molecule has 6 rings (SSSR count). The summed E-state index contributed by atoms with van der Waals surface area (Å²) in [6, 6.07) is 11.2. The van der Waals surface area contributed by atoms with E-state index in [1.165, 1.54) is 0 Å². The molecule has 4 aliphatic heterocycles. The van der Waals surface area contributed by atoms with Crippen LogP contribution in [0.1, 0.15) is 40.4 Å². The number of likely N-dealkylation sites (tertiary alicyclic amines) is 1. The second kappa shape index (κ2) is 6.48. The van der Waals surface area contributed by atoms with Gasteiger partial charge < -0.3 is 15.0 Å². The lowest BCUT2D eigenvalue weighted by Crippen LogP contribution is -2.61. The van der Waals surface area contributed by atoms with Crippen molar-refractivity contribution in [1.29, 1.82) is 0 Å². The van der Waals surface area contributed by atoms with E-state index in [1.807, 2.05) is 30.0 Å². The van der Waals surface area contributed by atoms with Gasteiger partial charge in [-0.1, -0.05) is 12.1 Å². The molecule has 6 nitrogen and oxygen atoms in total. The Hall–Kier alpha value is -2.60. The van der Waals surface area contributed by atoms with Crippen molar-refractivity contribution < 1.29 is 9.90 Å². The zero-order chi connectivity index (χ0) is 19.4. The number of benzene rings is 1. The number of phenolic OH excluding ortho intramolecular Hbond substituents is 1. The highest BCUT2D eigenvalue weighted by molar-refractivity contribution is 5.94. The molecule has 3 atom stereocenters. The molecule has 1 amide bonds. The Labute approximate surface area is 163 Å². The monoisotopic (exact) mass is 379 g/mol. The molecule has 2 aromatic rings. The maximum atomic E-state index is 13.4. The Bertz CT molecular complexity index is 977. The highest BCUT2D eigenvalue weighted by Gasteiger charge is 2.54. The molecule has 2 N–H and O–H groups in total. The Morgan fingerprint density at radius 3 is 2.64 bits per heavy atom. The van der Waals surface area contributed by atoms with Gasteiger partial charge in [-0.15, -0.1) is 0 Å². The number of amides is 1. The van der Waals surface area contributed by atoms with Gasteiger partial charge >= 0.3 is 0 Å². The molecule has 28 heavy (non-hydrogen) atoms. The number of H-pyrrole nitrogens is 1. The SMILES string of the molecule is Cc1ccc(C(=O)N2CC(c3cccc(O)c3)C3C2C2CCN3CC2)c(=O)[nH]1. The zero-order valence-corrected chi connectivity index (χ0v) is 16.0. The summed E-state index contributed by atoms with van der Waals surface area (Å²) in [6.07, 6.45) is 2.20. The van der Waals surface area contributed by atoms with E-state index in [4.69, 9.17) is 0 Å². The van der Waals surface area contributed by atoms with Gasteiger partial charge in [0.2, 0.25) is 0 Å². The van der Waals surface area contributed by atoms with Crippen LogP contribution in [0.5, 0.6) is 5.75 Å². The molecule has 4 fully saturated rings. The molecule has 5 heterocycles. The average molecular weight is 379 g/mol. The number of carbonyl (C=O) groups is 1. The number of nitrogens with one attached hydrogen (secondary N) is 1. The topological polar surface area (TPSA) is 76.6 Å². The van der Waals surface area contributed by atoms with Crippen molar-refractivity contribution in [3.63, 3.8) is 0 Å². The Balaban J connectivity index is 1.55. The van der Waals surface area contributed by atoms with Gasteiger partial charge in [0.05, 0.1) is 6.04 Å². The third-order valence-corrected chi connectivity index (χ3v) is 6.84. The van der Waals surface area contributed by atoms with E-state index in [9.17, 15) is 14.7 Å². The van der Waals surface area contributed by atoms with Crippen LogP contribution in [0, 0.1) is 12.8 Å². The molecule has 1 aromatic heterocycles. The molecule has 6 heteroatoms. The highest BCUT2D eigenvalue weighted by Crippen LogP contribution is 2.47. The summed E-state index contributed by atoms with van der Waals surface area (Å²) in [4.78, 5) is 33.0. The molecule has 146 valence electrons. The number of pyridine rings is 1. The third kappa shape index (κ3) is 2.66. The van der Waals surface area contributed by atoms with Crippen LogP contribution in [-0.2, 0) is 0 Å². The molecule has 0 saturated carbocycles. The van der Waals surface area contributed by atoms with Crippen LogP contribution >= 0.6 is 0 Å². The minimum absolute atomic E-state index is 0.128. The zero-order valence-electron chi connectivity index (χ0n) is 16.0. The van der Waals surface area contributed by atoms with Crippen molar-refractivity contribution in [2.45, 2.75) is 37.8 Å². The number of rotatable bonds is 2. The summed E-state index contributed by atoms with van der Waals surface area (Å²) in [5.41, 5.74) is 1.72. The second-order valence-corrected chi connectivity index (χ2v) is 8.40. The molecule has 1 aromatic carbocycles. The van der Waals surface area contributed by atoms with E-state index in [0.29, 0.717) is 12.5 Å². The number of carbonyl (C=O) groups excluding carboxylic acids is 1. The van der Waals surface area contributed by atoms with Crippen molar-refractivity contribution >= 4 is 5.91 Å². The minimum atomic E-state index is -0.316. The average Bonchev–Trinajstić information content (AvgIpc) is 3.11. The molecule has 0 radical (unpaired) electrons. The van der Waals surface area contributed by atoms with Gasteiger partial charge in [0, 0.05) is 24.2 Å². The number of hydrogen-bond donors (Lipinski definition) is 2. The molecule has 4 aliphatic rings. The Morgan fingerprint density at radius 2 is 1.93 bits per heavy atom. The summed E-state index contributed by atoms with van der Waals surface area (Å²) in [6.45, 7) is 4.52. The van der Waals surface area contributed by atoms with Crippen LogP contribution in [-0.4, -0.2) is 57.5 Å². The number of aromatic nitrogens is 1. The lowest BCUT2D eigenvalue weighted by Gasteiger charge is -2.51. The predicted molar refractivity (Wildman–Crippen MR) is 106 cm³/mol. The molecule has 2 bridgehead atoms. The van der Waals surface area contributed by atoms with E-state index < -0.39 is 0 Å². The van der Waals surface area contributed by atoms with Gasteiger partial charge in [0.1, 0.15) is 11.3 Å². The normalized spacial score (nSPS) is 31.0. The van der Waals surface area contributed by atoms with Crippen molar-refractivity contribution in [2.75, 3.05) is 19.6 Å². The summed E-state index contributed by atoms with van der Waals surface area (Å²) < 4.78 is 0. The molecule has 0 aliphatic carbocycles. The summed E-state index contributed by atoms with van der Waals surface area (Å²) in [7, 11) is 0. The Kier molecular flexibility index (Phi) is 4.05. The van der Waals surface area contributed by atoms with Gasteiger partial charge in [-0.05, 0) is 68.6 Å². The molecule has 4 saturated heterocycles. The van der Waals surface area contributed by atoms with Crippen molar-refractivity contribution in [1.82, 2.24) is 14.8 Å². The second-order valence-electron chi connectivity index (χ2n) is 8.40. The maximum absolute atomic E-state index is 13.4. The van der Waals surface area contributed by atoms with E-state index in [-0.39, 0.29) is 40.8 Å². The lowest BCUT2D eigenvalue weighted by molar-refractivity contribution is -0.00347. The minimum Gasteiger partial charge on any atom is -0.508 e. The fourth-order valence-electron chi connectivity index (χ4n) is 5.60. The van der Waals surface area contributed by atoms with Gasteiger partial charge in [-0.3, -0.25) is 14.5 Å². The first-order valence-corrected chi connectivity index (χ1v) is 10.1. The van der Waals surface area contributed by atoms with Crippen LogP contribution < -0.4 is 5.56 Å². The van der Waals surface area contributed by atoms with Crippen molar-refractivity contribution in [2.24, 2.45) is 5.92 Å². The lowest BCUT2D eigenvalue weighted by atomic mass is 9.75. The van der Waals surface area contributed by atoms with Crippen LogP contribution in [0.4, 0.5) is 0 Å². The quantitative estimate of drug-likeness (QED) is 0.838. The molecule has 0 spiro atoms. The third-order valence-electron chi connectivity index (χ3n) is 6.84. The number of aromatic hydroxyl groups is 1. The number of aromatic amines is 1. The van der Waals surface area contributed by atoms with E-state index in [2.05, 4.69) is 9.88 Å². The first-order chi connectivity index (χ1) is 13.5. The van der Waals surface area contributed by atoms with Gasteiger partial charge in [-0.25, -0.2) is 0 Å². The number of fused-ring (bicyclic) bond motifs is 2. The predicted octanol–water partition coefficient (Wildman–Crippen LogP) is 2.09. The number of phenols is 1. The number of aryl methyl sites for hydroxylation is 1. The highest BCUT2D eigenvalue weighted by atomic mass is 16.3. The molecular formula is C22H25N3O3. The van der Waals surface area contributed by atoms with E-state index >= 15 is 0 Å². The fourth-order valence-corrected chi connectivity index (χ4v) is 5.60. The van der Waals surface area contributed by atoms with Crippen molar-refractivity contribution in [3.8, 4) is 5.75 Å². The van der Waals surface area contributed by atoms with Crippen LogP contribution in [0.2, 0.25) is 0 Å². The fraction of sp³-hybridized carbons (Fsp3) is 0.455. The standard InChI is InChI=1S/C22H25N3O3/c1-13-5-6-17(21(27)23-13)22(28)25-12-18(15-3-2-4-16(26)11-15)20-19(25)14-7-9-24(20)10-8-14/h2-6,11,14,18-20,26H,7-10,12H2,1H3,(H,23,27). The van der Waals surface area contributed by atoms with Crippen molar-refractivity contribution in [3.05, 3.63) is 63.6 Å². The Morgan fingerprint density at radius 1 is 1.14 bits per heavy atom. The number of piperidine rings is 3. The summed E-state index contributed by atoms with van der Waals surface area (Å²) >= 11 is 0. The molecular weight excluding hydrogens is 354 g/mol. The van der Waals surface area contributed by atoms with Crippen LogP contribution in [0.25, 0.3) is 0 Å². The summed E-state index contributed by atoms with van der Waals surface area (Å²) in [5.74, 6) is 0.705. The first-order valence-electron chi connectivity index (χ1n) is 10.1. The largest absolute Gasteiger partial charge is 0.508 e. The van der Waals surface area contributed by atoms with E-state index in [1.54, 1.807) is 18.2 Å². The van der Waals surface area contributed by atoms with Crippen LogP contribution in [0.3, 0.4) is 0 Å². The van der Waals surface area contributed by atoms with Crippen LogP contribution in [0.15, 0.2) is 41.2 Å². The smallest absolute Gasteiger partial charge is 0.260 e. The maximum Gasteiger partial charge on any atom is 0.260 e. The molecule has 3 unspecified atom stereocenters. The number of nitrogens with zero attached hydrogens (tertiary/aromatic N) is 2. The summed E-state index contributed by atoms with van der Waals surface area (Å²) in [5, 5.41) is 9.98. The van der Waals surface area contributed by atoms with E-state index in [0.717, 1.165) is 37.2 Å². The van der Waals surface area contributed by atoms with Gasteiger partial charge in [0.25, 0.3) is 11.5 Å². The first kappa shape index (κ1) is 17.5. The van der Waals surface area contributed by atoms with Gasteiger partial charge in [0.15, 0.2) is 0 Å².